The van der Waals surface area contributed by atoms with E-state index >= 15 is 0 Å². The fourth-order valence-corrected chi connectivity index (χ4v) is 2.25. The Balaban J connectivity index is 2.21. The third-order valence-corrected chi connectivity index (χ3v) is 3.33. The number of anilines is 1. The molecule has 1 amide bonds. The van der Waals surface area contributed by atoms with Crippen molar-refractivity contribution in [2.45, 2.75) is 6.92 Å². The summed E-state index contributed by atoms with van der Waals surface area (Å²) in [7, 11) is 3.57. The van der Waals surface area contributed by atoms with Crippen LogP contribution in [0.1, 0.15) is 15.9 Å². The number of rotatable bonds is 2. The van der Waals surface area contributed by atoms with E-state index in [-0.39, 0.29) is 5.91 Å². The van der Waals surface area contributed by atoms with Crippen molar-refractivity contribution < 1.29 is 4.79 Å². The highest BCUT2D eigenvalue weighted by molar-refractivity contribution is 5.95. The molecule has 18 heavy (non-hydrogen) atoms. The normalized spacial score (nSPS) is 15.6. The van der Waals surface area contributed by atoms with Crippen molar-refractivity contribution in [3.05, 3.63) is 29.3 Å². The lowest BCUT2D eigenvalue weighted by atomic mass is 10.1. The Morgan fingerprint density at radius 3 is 2.50 bits per heavy atom. The van der Waals surface area contributed by atoms with E-state index in [1.165, 1.54) is 5.69 Å². The molecule has 1 fully saturated rings. The summed E-state index contributed by atoms with van der Waals surface area (Å²) in [6.45, 7) is 6.11. The van der Waals surface area contributed by atoms with Crippen LogP contribution in [0, 0.1) is 6.92 Å². The zero-order valence-corrected chi connectivity index (χ0v) is 11.4. The fraction of sp³-hybridized carbons (Fsp3) is 0.500. The number of hydrogen-bond donors (Lipinski definition) is 1. The van der Waals surface area contributed by atoms with E-state index in [4.69, 9.17) is 0 Å². The molecule has 1 aliphatic rings. The first-order valence-corrected chi connectivity index (χ1v) is 6.37. The van der Waals surface area contributed by atoms with Gasteiger partial charge in [-0.1, -0.05) is 0 Å². The summed E-state index contributed by atoms with van der Waals surface area (Å²) in [6.07, 6.45) is 0. The van der Waals surface area contributed by atoms with Crippen molar-refractivity contribution in [3.63, 3.8) is 0 Å². The summed E-state index contributed by atoms with van der Waals surface area (Å²) >= 11 is 0. The first kappa shape index (κ1) is 12.9. The van der Waals surface area contributed by atoms with E-state index in [9.17, 15) is 4.79 Å². The Morgan fingerprint density at radius 2 is 1.94 bits per heavy atom. The van der Waals surface area contributed by atoms with Crippen LogP contribution in [0.2, 0.25) is 0 Å². The molecule has 1 N–H and O–H groups in total. The molecule has 1 saturated heterocycles. The van der Waals surface area contributed by atoms with Crippen LogP contribution in [-0.2, 0) is 0 Å². The number of carbonyl (C=O) groups is 1. The van der Waals surface area contributed by atoms with Gasteiger partial charge >= 0.3 is 0 Å². The van der Waals surface area contributed by atoms with Gasteiger partial charge in [-0.3, -0.25) is 4.79 Å². The van der Waals surface area contributed by atoms with Gasteiger partial charge in [0.2, 0.25) is 0 Å². The number of piperazine rings is 1. The SMILES string of the molecule is Cc1cc(N2CCNCC2)ccc1C(=O)N(C)C. The molecule has 1 aliphatic heterocycles. The van der Waals surface area contributed by atoms with Crippen molar-refractivity contribution in [1.82, 2.24) is 10.2 Å². The first-order valence-electron chi connectivity index (χ1n) is 6.37. The molecule has 0 radical (unpaired) electrons. The average molecular weight is 247 g/mol. The number of carbonyl (C=O) groups excluding carboxylic acids is 1. The Morgan fingerprint density at radius 1 is 1.28 bits per heavy atom. The second kappa shape index (κ2) is 5.40. The van der Waals surface area contributed by atoms with Crippen LogP contribution in [0.25, 0.3) is 0 Å². The second-order valence-electron chi connectivity index (χ2n) is 4.94. The predicted octanol–water partition coefficient (Wildman–Crippen LogP) is 1.11. The highest BCUT2D eigenvalue weighted by atomic mass is 16.2. The summed E-state index contributed by atoms with van der Waals surface area (Å²) in [6, 6.07) is 6.10. The standard InChI is InChI=1S/C14H21N3O/c1-11-10-12(17-8-6-15-7-9-17)4-5-13(11)14(18)16(2)3/h4-5,10,15H,6-9H2,1-3H3. The first-order chi connectivity index (χ1) is 8.59. The van der Waals surface area contributed by atoms with Gasteiger partial charge in [-0.2, -0.15) is 0 Å². The average Bonchev–Trinajstić information content (AvgIpc) is 2.38. The molecule has 4 nitrogen and oxygen atoms in total. The minimum Gasteiger partial charge on any atom is -0.369 e. The van der Waals surface area contributed by atoms with E-state index in [0.717, 1.165) is 37.3 Å². The Hall–Kier alpha value is -1.55. The van der Waals surface area contributed by atoms with Crippen LogP contribution in [0.4, 0.5) is 5.69 Å². The van der Waals surface area contributed by atoms with E-state index in [0.29, 0.717) is 0 Å². The van der Waals surface area contributed by atoms with Gasteiger partial charge in [-0.15, -0.1) is 0 Å². The molecule has 98 valence electrons. The lowest BCUT2D eigenvalue weighted by Gasteiger charge is -2.30. The molecule has 0 aliphatic carbocycles. The van der Waals surface area contributed by atoms with Crippen molar-refractivity contribution >= 4 is 11.6 Å². The van der Waals surface area contributed by atoms with Gasteiger partial charge < -0.3 is 15.1 Å². The van der Waals surface area contributed by atoms with Crippen LogP contribution in [0.15, 0.2) is 18.2 Å². The minimum absolute atomic E-state index is 0.0689. The largest absolute Gasteiger partial charge is 0.369 e. The molecule has 1 heterocycles. The lowest BCUT2D eigenvalue weighted by molar-refractivity contribution is 0.0827. The maximum absolute atomic E-state index is 12.0. The number of hydrogen-bond acceptors (Lipinski definition) is 3. The Labute approximate surface area is 109 Å². The molecule has 0 atom stereocenters. The van der Waals surface area contributed by atoms with E-state index in [1.54, 1.807) is 19.0 Å². The molecular formula is C14H21N3O. The van der Waals surface area contributed by atoms with Gasteiger partial charge in [0.15, 0.2) is 0 Å². The van der Waals surface area contributed by atoms with Crippen LogP contribution in [0.3, 0.4) is 0 Å². The topological polar surface area (TPSA) is 35.6 Å². The van der Waals surface area contributed by atoms with E-state index in [1.807, 2.05) is 13.0 Å². The van der Waals surface area contributed by atoms with Gasteiger partial charge in [0.25, 0.3) is 5.91 Å². The van der Waals surface area contributed by atoms with Crippen LogP contribution < -0.4 is 10.2 Å². The van der Waals surface area contributed by atoms with Crippen LogP contribution in [-0.4, -0.2) is 51.1 Å². The number of nitrogens with one attached hydrogen (secondary N) is 1. The molecule has 1 aromatic carbocycles. The molecular weight excluding hydrogens is 226 g/mol. The minimum atomic E-state index is 0.0689. The number of benzene rings is 1. The molecule has 0 bridgehead atoms. The summed E-state index contributed by atoms with van der Waals surface area (Å²) in [5, 5.41) is 3.34. The smallest absolute Gasteiger partial charge is 0.253 e. The van der Waals surface area contributed by atoms with E-state index in [2.05, 4.69) is 22.3 Å². The highest BCUT2D eigenvalue weighted by Crippen LogP contribution is 2.20. The highest BCUT2D eigenvalue weighted by Gasteiger charge is 2.14. The second-order valence-corrected chi connectivity index (χ2v) is 4.94. The zero-order valence-electron chi connectivity index (χ0n) is 11.4. The van der Waals surface area contributed by atoms with Gasteiger partial charge in [0, 0.05) is 51.5 Å². The quantitative estimate of drug-likeness (QED) is 0.850. The molecule has 0 unspecified atom stereocenters. The molecule has 4 heteroatoms. The molecule has 0 spiro atoms. The molecule has 0 saturated carbocycles. The Kier molecular flexibility index (Phi) is 3.87. The molecule has 1 aromatic rings. The third kappa shape index (κ3) is 2.64. The summed E-state index contributed by atoms with van der Waals surface area (Å²) in [5.74, 6) is 0.0689. The summed E-state index contributed by atoms with van der Waals surface area (Å²) in [5.41, 5.74) is 3.05. The predicted molar refractivity (Wildman–Crippen MR) is 74.3 cm³/mol. The van der Waals surface area contributed by atoms with Gasteiger partial charge in [0.05, 0.1) is 0 Å². The Bertz CT molecular complexity index is 437. The fourth-order valence-electron chi connectivity index (χ4n) is 2.25. The van der Waals surface area contributed by atoms with Crippen LogP contribution >= 0.6 is 0 Å². The maximum Gasteiger partial charge on any atom is 0.253 e. The zero-order chi connectivity index (χ0) is 13.1. The maximum atomic E-state index is 12.0. The lowest BCUT2D eigenvalue weighted by Crippen LogP contribution is -2.43. The summed E-state index contributed by atoms with van der Waals surface area (Å²) < 4.78 is 0. The number of nitrogens with zero attached hydrogens (tertiary/aromatic N) is 2. The molecule has 0 aromatic heterocycles. The molecule has 2 rings (SSSR count). The van der Waals surface area contributed by atoms with Crippen molar-refractivity contribution in [2.75, 3.05) is 45.2 Å². The summed E-state index contributed by atoms with van der Waals surface area (Å²) in [4.78, 5) is 15.9. The number of amides is 1. The monoisotopic (exact) mass is 247 g/mol. The van der Waals surface area contributed by atoms with Crippen molar-refractivity contribution in [3.8, 4) is 0 Å². The van der Waals surface area contributed by atoms with Gasteiger partial charge in [0.1, 0.15) is 0 Å². The van der Waals surface area contributed by atoms with Crippen molar-refractivity contribution in [1.29, 1.82) is 0 Å². The number of aryl methyl sites for hydroxylation is 1. The van der Waals surface area contributed by atoms with Crippen LogP contribution in [0.5, 0.6) is 0 Å². The van der Waals surface area contributed by atoms with E-state index < -0.39 is 0 Å². The van der Waals surface area contributed by atoms with Gasteiger partial charge in [-0.05, 0) is 30.7 Å². The van der Waals surface area contributed by atoms with Crippen molar-refractivity contribution in [2.24, 2.45) is 0 Å². The van der Waals surface area contributed by atoms with Gasteiger partial charge in [-0.25, -0.2) is 0 Å². The third-order valence-electron chi connectivity index (χ3n) is 3.33.